The van der Waals surface area contributed by atoms with Crippen LogP contribution in [0, 0.1) is 0 Å². The summed E-state index contributed by atoms with van der Waals surface area (Å²) in [7, 11) is -1.69. The lowest BCUT2D eigenvalue weighted by atomic mass is 10.1. The third-order valence-corrected chi connectivity index (χ3v) is 5.92. The van der Waals surface area contributed by atoms with Gasteiger partial charge in [-0.05, 0) is 39.3 Å². The number of nitrogens with zero attached hydrogens (tertiary/aromatic N) is 1. The molecule has 0 radical (unpaired) electrons. The van der Waals surface area contributed by atoms with E-state index in [0.717, 1.165) is 4.88 Å². The molecule has 0 aliphatic carbocycles. The fourth-order valence-corrected chi connectivity index (χ4v) is 5.00. The second kappa shape index (κ2) is 6.17. The molecule has 0 aliphatic heterocycles. The zero-order chi connectivity index (χ0) is 14.7. The molecule has 1 rings (SSSR count). The molecule has 4 nitrogen and oxygen atoms in total. The highest BCUT2D eigenvalue weighted by atomic mass is 32.2. The van der Waals surface area contributed by atoms with E-state index in [1.54, 1.807) is 19.2 Å². The Labute approximate surface area is 120 Å². The maximum absolute atomic E-state index is 12.8. The van der Waals surface area contributed by atoms with Gasteiger partial charge in [0.1, 0.15) is 0 Å². The Bertz CT molecular complexity index is 527. The summed E-state index contributed by atoms with van der Waals surface area (Å²) in [5, 5.41) is 4.81. The van der Waals surface area contributed by atoms with E-state index >= 15 is 0 Å². The lowest BCUT2D eigenvalue weighted by Crippen LogP contribution is -2.45. The van der Waals surface area contributed by atoms with Crippen molar-refractivity contribution in [2.24, 2.45) is 0 Å². The molecule has 1 heterocycles. The maximum Gasteiger partial charge on any atom is 0.244 e. The van der Waals surface area contributed by atoms with E-state index in [-0.39, 0.29) is 0 Å². The zero-order valence-corrected chi connectivity index (χ0v) is 13.6. The molecule has 0 saturated carbocycles. The Morgan fingerprint density at radius 3 is 2.58 bits per heavy atom. The van der Waals surface area contributed by atoms with Crippen LogP contribution in [0.25, 0.3) is 0 Å². The van der Waals surface area contributed by atoms with E-state index in [0.29, 0.717) is 18.0 Å². The Hall–Kier alpha value is -0.690. The number of hydrogen-bond donors (Lipinski definition) is 1. The number of hydrogen-bond acceptors (Lipinski definition) is 4. The van der Waals surface area contributed by atoms with E-state index in [1.807, 2.05) is 26.2 Å². The topological polar surface area (TPSA) is 49.4 Å². The molecule has 0 unspecified atom stereocenters. The largest absolute Gasteiger partial charge is 0.315 e. The van der Waals surface area contributed by atoms with Gasteiger partial charge in [-0.2, -0.15) is 4.31 Å². The molecular formula is C13H22N2O2S2. The number of nitrogens with one attached hydrogen (secondary N) is 1. The SMILES string of the molecule is C=CCN(C(C)(C)C)S(=O)(=O)c1ccsc1CNC. The molecule has 0 atom stereocenters. The van der Waals surface area contributed by atoms with Crippen LogP contribution >= 0.6 is 11.3 Å². The minimum atomic E-state index is -3.50. The highest BCUT2D eigenvalue weighted by molar-refractivity contribution is 7.89. The zero-order valence-electron chi connectivity index (χ0n) is 11.9. The van der Waals surface area contributed by atoms with Gasteiger partial charge in [0, 0.05) is 23.5 Å². The predicted molar refractivity (Wildman–Crippen MR) is 80.9 cm³/mol. The first-order valence-corrected chi connectivity index (χ1v) is 8.42. The minimum absolute atomic E-state index is 0.306. The van der Waals surface area contributed by atoms with E-state index in [1.165, 1.54) is 15.6 Å². The van der Waals surface area contributed by atoms with Gasteiger partial charge in [-0.15, -0.1) is 17.9 Å². The first-order valence-electron chi connectivity index (χ1n) is 6.10. The van der Waals surface area contributed by atoms with Gasteiger partial charge in [-0.1, -0.05) is 6.08 Å². The molecular weight excluding hydrogens is 280 g/mol. The Kier molecular flexibility index (Phi) is 5.32. The first-order chi connectivity index (χ1) is 8.75. The van der Waals surface area contributed by atoms with Crippen LogP contribution < -0.4 is 5.32 Å². The van der Waals surface area contributed by atoms with Crippen molar-refractivity contribution in [2.75, 3.05) is 13.6 Å². The molecule has 1 aromatic rings. The Morgan fingerprint density at radius 1 is 1.47 bits per heavy atom. The van der Waals surface area contributed by atoms with E-state index in [9.17, 15) is 8.42 Å². The maximum atomic E-state index is 12.8. The third kappa shape index (κ3) is 3.66. The van der Waals surface area contributed by atoms with E-state index in [4.69, 9.17) is 0 Å². The molecule has 0 spiro atoms. The number of rotatable bonds is 6. The predicted octanol–water partition coefficient (Wildman–Crippen LogP) is 2.44. The number of thiophene rings is 1. The van der Waals surface area contributed by atoms with E-state index < -0.39 is 15.6 Å². The van der Waals surface area contributed by atoms with Gasteiger partial charge in [-0.25, -0.2) is 8.42 Å². The second-order valence-electron chi connectivity index (χ2n) is 5.23. The summed E-state index contributed by atoms with van der Waals surface area (Å²) in [5.74, 6) is 0. The normalized spacial score (nSPS) is 12.9. The van der Waals surface area contributed by atoms with Crippen LogP contribution in [0.15, 0.2) is 29.0 Å². The standard InChI is InChI=1S/C13H22N2O2S2/c1-6-8-15(13(2,3)4)19(16,17)12-7-9-18-11(12)10-14-5/h6-7,9,14H,1,8,10H2,2-5H3. The fraction of sp³-hybridized carbons (Fsp3) is 0.538. The molecule has 108 valence electrons. The molecule has 0 aromatic carbocycles. The summed E-state index contributed by atoms with van der Waals surface area (Å²) in [4.78, 5) is 1.23. The summed E-state index contributed by atoms with van der Waals surface area (Å²) in [6, 6.07) is 1.68. The van der Waals surface area contributed by atoms with Gasteiger partial charge in [-0.3, -0.25) is 0 Å². The van der Waals surface area contributed by atoms with Crippen molar-refractivity contribution in [3.63, 3.8) is 0 Å². The van der Waals surface area contributed by atoms with Crippen molar-refractivity contribution in [2.45, 2.75) is 37.8 Å². The van der Waals surface area contributed by atoms with E-state index in [2.05, 4.69) is 11.9 Å². The van der Waals surface area contributed by atoms with Crippen molar-refractivity contribution < 1.29 is 8.42 Å². The Morgan fingerprint density at radius 2 is 2.11 bits per heavy atom. The highest BCUT2D eigenvalue weighted by Gasteiger charge is 2.34. The lowest BCUT2D eigenvalue weighted by Gasteiger charge is -2.33. The van der Waals surface area contributed by atoms with Gasteiger partial charge in [0.15, 0.2) is 0 Å². The van der Waals surface area contributed by atoms with Crippen LogP contribution in [-0.2, 0) is 16.6 Å². The van der Waals surface area contributed by atoms with Crippen molar-refractivity contribution in [3.8, 4) is 0 Å². The molecule has 0 aliphatic rings. The van der Waals surface area contributed by atoms with Crippen LogP contribution in [0.1, 0.15) is 25.6 Å². The van der Waals surface area contributed by atoms with Crippen molar-refractivity contribution in [1.82, 2.24) is 9.62 Å². The summed E-state index contributed by atoms with van der Waals surface area (Å²) < 4.78 is 27.0. The van der Waals surface area contributed by atoms with Gasteiger partial charge in [0.2, 0.25) is 10.0 Å². The molecule has 0 saturated heterocycles. The summed E-state index contributed by atoms with van der Waals surface area (Å²) >= 11 is 1.45. The van der Waals surface area contributed by atoms with Crippen LogP contribution in [-0.4, -0.2) is 31.9 Å². The molecule has 19 heavy (non-hydrogen) atoms. The van der Waals surface area contributed by atoms with Gasteiger partial charge in [0.05, 0.1) is 4.90 Å². The minimum Gasteiger partial charge on any atom is -0.315 e. The van der Waals surface area contributed by atoms with Crippen LogP contribution in [0.2, 0.25) is 0 Å². The average Bonchev–Trinajstić information content (AvgIpc) is 2.73. The lowest BCUT2D eigenvalue weighted by molar-refractivity contribution is 0.270. The fourth-order valence-electron chi connectivity index (χ4n) is 1.82. The van der Waals surface area contributed by atoms with Crippen LogP contribution in [0.4, 0.5) is 0 Å². The quantitative estimate of drug-likeness (QED) is 0.821. The van der Waals surface area contributed by atoms with Crippen LogP contribution in [0.3, 0.4) is 0 Å². The molecule has 6 heteroatoms. The second-order valence-corrected chi connectivity index (χ2v) is 8.07. The number of sulfonamides is 1. The van der Waals surface area contributed by atoms with Gasteiger partial charge >= 0.3 is 0 Å². The smallest absolute Gasteiger partial charge is 0.244 e. The van der Waals surface area contributed by atoms with Crippen LogP contribution in [0.5, 0.6) is 0 Å². The molecule has 0 amide bonds. The summed E-state index contributed by atoms with van der Waals surface area (Å²) in [5.41, 5.74) is -0.480. The average molecular weight is 302 g/mol. The van der Waals surface area contributed by atoms with Crippen molar-refractivity contribution in [1.29, 1.82) is 0 Å². The molecule has 1 aromatic heterocycles. The highest BCUT2D eigenvalue weighted by Crippen LogP contribution is 2.29. The molecule has 0 fully saturated rings. The summed E-state index contributed by atoms with van der Waals surface area (Å²) in [6.45, 7) is 10.2. The van der Waals surface area contributed by atoms with Crippen molar-refractivity contribution >= 4 is 21.4 Å². The monoisotopic (exact) mass is 302 g/mol. The third-order valence-electron chi connectivity index (χ3n) is 2.65. The van der Waals surface area contributed by atoms with Gasteiger partial charge in [0.25, 0.3) is 0 Å². The molecule has 1 N–H and O–H groups in total. The van der Waals surface area contributed by atoms with Gasteiger partial charge < -0.3 is 5.32 Å². The molecule has 0 bridgehead atoms. The Balaban J connectivity index is 3.27. The first kappa shape index (κ1) is 16.4. The van der Waals surface area contributed by atoms with Crippen molar-refractivity contribution in [3.05, 3.63) is 29.0 Å². The summed E-state index contributed by atoms with van der Waals surface area (Å²) in [6.07, 6.45) is 1.62.